The molecule has 2 N–H and O–H groups in total. The molecule has 12 heteroatoms. The zero-order valence-corrected chi connectivity index (χ0v) is 13.5. The van der Waals surface area contributed by atoms with Gasteiger partial charge in [0, 0.05) is 19.4 Å². The molecule has 23 heavy (non-hydrogen) atoms. The quantitative estimate of drug-likeness (QED) is 0.342. The molecule has 0 aromatic carbocycles. The van der Waals surface area contributed by atoms with Gasteiger partial charge in [-0.05, 0) is 0 Å². The fraction of sp³-hybridized carbons (Fsp3) is 0.909. The van der Waals surface area contributed by atoms with Gasteiger partial charge in [-0.25, -0.2) is 17.9 Å². The van der Waals surface area contributed by atoms with Crippen molar-refractivity contribution in [2.24, 2.45) is 0 Å². The SMILES string of the molecule is C[N+](C)(CCCNS(=O)(=O)CCC(F)(F)C(F)(F)F)CC(=O)O. The molecule has 0 rings (SSSR count). The average molecular weight is 371 g/mol. The number of halogens is 5. The van der Waals surface area contributed by atoms with Gasteiger partial charge >= 0.3 is 18.1 Å². The number of rotatable bonds is 10. The molecule has 0 heterocycles. The number of hydrogen-bond acceptors (Lipinski definition) is 3. The Balaban J connectivity index is 4.28. The van der Waals surface area contributed by atoms with Crippen LogP contribution in [-0.2, 0) is 14.8 Å². The molecule has 0 aliphatic heterocycles. The molecule has 0 atom stereocenters. The van der Waals surface area contributed by atoms with E-state index in [1.165, 1.54) is 0 Å². The minimum absolute atomic E-state index is 0.0726. The highest BCUT2D eigenvalue weighted by Crippen LogP contribution is 2.38. The van der Waals surface area contributed by atoms with Gasteiger partial charge in [-0.3, -0.25) is 0 Å². The predicted octanol–water partition coefficient (Wildman–Crippen LogP) is 1.04. The van der Waals surface area contributed by atoms with E-state index in [2.05, 4.69) is 0 Å². The summed E-state index contributed by atoms with van der Waals surface area (Å²) in [4.78, 5) is 10.6. The molecule has 0 amide bonds. The second-order valence-corrected chi connectivity index (χ2v) is 7.66. The lowest BCUT2D eigenvalue weighted by Crippen LogP contribution is -2.45. The van der Waals surface area contributed by atoms with Crippen molar-refractivity contribution in [2.45, 2.75) is 24.9 Å². The van der Waals surface area contributed by atoms with E-state index in [9.17, 15) is 35.2 Å². The summed E-state index contributed by atoms with van der Waals surface area (Å²) >= 11 is 0. The minimum atomic E-state index is -5.79. The fourth-order valence-corrected chi connectivity index (χ4v) is 2.78. The molecule has 0 spiro atoms. The third kappa shape index (κ3) is 9.01. The van der Waals surface area contributed by atoms with Crippen molar-refractivity contribution < 1.29 is 44.8 Å². The van der Waals surface area contributed by atoms with Gasteiger partial charge in [0.2, 0.25) is 10.0 Å². The maximum absolute atomic E-state index is 12.7. The molecular weight excluding hydrogens is 351 g/mol. The highest BCUT2D eigenvalue weighted by Gasteiger charge is 2.57. The Morgan fingerprint density at radius 1 is 1.17 bits per heavy atom. The largest absolute Gasteiger partial charge is 0.477 e. The van der Waals surface area contributed by atoms with Crippen LogP contribution >= 0.6 is 0 Å². The van der Waals surface area contributed by atoms with Gasteiger partial charge in [0.25, 0.3) is 0 Å². The van der Waals surface area contributed by atoms with E-state index in [1.807, 2.05) is 4.72 Å². The minimum Gasteiger partial charge on any atom is -0.477 e. The standard InChI is InChI=1S/C11H19F5N2O4S/c1-18(2,8-9(19)20)6-3-5-17-23(21,22)7-4-10(12,13)11(14,15)16/h17H,3-8H2,1-2H3/p+1. The lowest BCUT2D eigenvalue weighted by molar-refractivity contribution is -0.883. The van der Waals surface area contributed by atoms with Crippen LogP contribution in [0.2, 0.25) is 0 Å². The molecule has 6 nitrogen and oxygen atoms in total. The lowest BCUT2D eigenvalue weighted by Gasteiger charge is -2.27. The Kier molecular flexibility index (Phi) is 7.37. The third-order valence-electron chi connectivity index (χ3n) is 2.92. The van der Waals surface area contributed by atoms with Crippen LogP contribution in [0.4, 0.5) is 22.0 Å². The normalized spacial score (nSPS) is 14.0. The summed E-state index contributed by atoms with van der Waals surface area (Å²) in [6, 6.07) is 0. The number of carbonyl (C=O) groups is 1. The summed E-state index contributed by atoms with van der Waals surface area (Å²) in [5.41, 5.74) is 0. The molecule has 0 unspecified atom stereocenters. The Morgan fingerprint density at radius 2 is 1.70 bits per heavy atom. The number of aliphatic carboxylic acids is 1. The van der Waals surface area contributed by atoms with Crippen molar-refractivity contribution in [3.63, 3.8) is 0 Å². The Bertz CT molecular complexity index is 505. The summed E-state index contributed by atoms with van der Waals surface area (Å²) < 4.78 is 85.9. The number of quaternary nitrogens is 1. The number of alkyl halides is 5. The lowest BCUT2D eigenvalue weighted by atomic mass is 10.2. The van der Waals surface area contributed by atoms with Crippen LogP contribution in [-0.4, -0.2) is 75.6 Å². The third-order valence-corrected chi connectivity index (χ3v) is 4.31. The first-order valence-electron chi connectivity index (χ1n) is 6.54. The van der Waals surface area contributed by atoms with Gasteiger partial charge in [-0.2, -0.15) is 22.0 Å². The van der Waals surface area contributed by atoms with Crippen molar-refractivity contribution in [3.8, 4) is 0 Å². The van der Waals surface area contributed by atoms with Crippen LogP contribution in [0.3, 0.4) is 0 Å². The van der Waals surface area contributed by atoms with Gasteiger partial charge in [0.1, 0.15) is 0 Å². The van der Waals surface area contributed by atoms with Crippen molar-refractivity contribution in [1.82, 2.24) is 4.72 Å². The number of hydrogen-bond donors (Lipinski definition) is 2. The van der Waals surface area contributed by atoms with Crippen LogP contribution in [0.25, 0.3) is 0 Å². The van der Waals surface area contributed by atoms with Gasteiger partial charge < -0.3 is 9.59 Å². The van der Waals surface area contributed by atoms with E-state index >= 15 is 0 Å². The number of carboxylic acid groups (broad SMARTS) is 1. The van der Waals surface area contributed by atoms with Crippen LogP contribution < -0.4 is 4.72 Å². The van der Waals surface area contributed by atoms with Crippen molar-refractivity contribution >= 4 is 16.0 Å². The summed E-state index contributed by atoms with van der Waals surface area (Å²) in [5.74, 6) is -7.46. The van der Waals surface area contributed by atoms with E-state index in [-0.39, 0.29) is 30.5 Å². The van der Waals surface area contributed by atoms with Crippen LogP contribution in [0.5, 0.6) is 0 Å². The van der Waals surface area contributed by atoms with E-state index in [4.69, 9.17) is 5.11 Å². The molecule has 138 valence electrons. The van der Waals surface area contributed by atoms with Gasteiger partial charge in [-0.1, -0.05) is 0 Å². The van der Waals surface area contributed by atoms with Gasteiger partial charge in [0.15, 0.2) is 6.54 Å². The highest BCUT2D eigenvalue weighted by molar-refractivity contribution is 7.89. The Hall–Kier alpha value is -1.01. The maximum Gasteiger partial charge on any atom is 0.453 e. The monoisotopic (exact) mass is 371 g/mol. The first-order chi connectivity index (χ1) is 10.1. The Morgan fingerprint density at radius 3 is 2.13 bits per heavy atom. The summed E-state index contributed by atoms with van der Waals surface area (Å²) in [6.07, 6.45) is -7.44. The predicted molar refractivity (Wildman–Crippen MR) is 71.5 cm³/mol. The molecule has 0 aliphatic carbocycles. The molecule has 0 aliphatic rings. The van der Waals surface area contributed by atoms with Crippen molar-refractivity contribution in [2.75, 3.05) is 39.5 Å². The average Bonchev–Trinajstić information content (AvgIpc) is 2.30. The number of likely N-dealkylation sites (N-methyl/N-ethyl adjacent to an activating group) is 1. The second-order valence-electron chi connectivity index (χ2n) is 5.73. The molecule has 0 fully saturated rings. The number of nitrogens with one attached hydrogen (secondary N) is 1. The van der Waals surface area contributed by atoms with Crippen LogP contribution in [0.15, 0.2) is 0 Å². The van der Waals surface area contributed by atoms with Gasteiger partial charge in [-0.15, -0.1) is 0 Å². The van der Waals surface area contributed by atoms with E-state index in [0.29, 0.717) is 0 Å². The summed E-state index contributed by atoms with van der Waals surface area (Å²) in [5, 5.41) is 8.66. The molecule has 0 aromatic rings. The molecule has 0 saturated heterocycles. The van der Waals surface area contributed by atoms with Crippen molar-refractivity contribution in [3.05, 3.63) is 0 Å². The Labute approximate surface area is 130 Å². The smallest absolute Gasteiger partial charge is 0.453 e. The highest BCUT2D eigenvalue weighted by atomic mass is 32.2. The second kappa shape index (κ2) is 7.71. The summed E-state index contributed by atoms with van der Waals surface area (Å²) in [7, 11) is -1.06. The molecule has 0 radical (unpaired) electrons. The molecule has 0 bridgehead atoms. The van der Waals surface area contributed by atoms with Crippen molar-refractivity contribution in [1.29, 1.82) is 0 Å². The number of carboxylic acids is 1. The van der Waals surface area contributed by atoms with Crippen LogP contribution in [0, 0.1) is 0 Å². The first-order valence-corrected chi connectivity index (χ1v) is 8.19. The molecule has 0 saturated carbocycles. The van der Waals surface area contributed by atoms with Crippen LogP contribution in [0.1, 0.15) is 12.8 Å². The number of sulfonamides is 1. The van der Waals surface area contributed by atoms with E-state index in [1.54, 1.807) is 14.1 Å². The van der Waals surface area contributed by atoms with E-state index < -0.39 is 40.3 Å². The topological polar surface area (TPSA) is 83.5 Å². The summed E-state index contributed by atoms with van der Waals surface area (Å²) in [6.45, 7) is -0.0840. The zero-order chi connectivity index (χ0) is 18.5. The fourth-order valence-electron chi connectivity index (χ4n) is 1.66. The zero-order valence-electron chi connectivity index (χ0n) is 12.7. The van der Waals surface area contributed by atoms with E-state index in [0.717, 1.165) is 0 Å². The molecule has 0 aromatic heterocycles. The number of nitrogens with zero attached hydrogens (tertiary/aromatic N) is 1. The van der Waals surface area contributed by atoms with Gasteiger partial charge in [0.05, 0.1) is 26.4 Å². The molecular formula is C11H20F5N2O4S+. The maximum atomic E-state index is 12.7. The first kappa shape index (κ1) is 22.0.